The third-order valence-electron chi connectivity index (χ3n) is 6.71. The molecule has 3 aliphatic rings. The zero-order valence-corrected chi connectivity index (χ0v) is 17.7. The number of rotatable bonds is 6. The van der Waals surface area contributed by atoms with E-state index >= 15 is 0 Å². The van der Waals surface area contributed by atoms with Gasteiger partial charge in [-0.15, -0.1) is 5.10 Å². The Kier molecular flexibility index (Phi) is 5.68. The quantitative estimate of drug-likeness (QED) is 0.779. The lowest BCUT2D eigenvalue weighted by molar-refractivity contribution is -0.134. The first-order valence-corrected chi connectivity index (χ1v) is 11.4. The normalized spacial score (nSPS) is 19.7. The van der Waals surface area contributed by atoms with Crippen LogP contribution in [0, 0.1) is 17.8 Å². The molecule has 0 bridgehead atoms. The molecule has 3 fully saturated rings. The van der Waals surface area contributed by atoms with Crippen LogP contribution in [0.1, 0.15) is 31.2 Å². The summed E-state index contributed by atoms with van der Waals surface area (Å²) in [4.78, 5) is 29.1. The SMILES string of the molecule is O=C(C1CC1)N1CCC(Cc2ccc(N(C(=O)C3CNC3)c3cccnn3)cc2)CC1. The predicted octanol–water partition coefficient (Wildman–Crippen LogP) is 2.55. The van der Waals surface area contributed by atoms with Crippen LogP contribution < -0.4 is 10.2 Å². The third kappa shape index (κ3) is 4.46. The molecule has 7 nitrogen and oxygen atoms in total. The van der Waals surface area contributed by atoms with Crippen LogP contribution in [0.25, 0.3) is 0 Å². The standard InChI is InChI=1S/C24H29N5O2/c30-23(19-5-6-19)28-12-9-18(10-13-28)14-17-3-7-21(8-4-17)29(22-2-1-11-26-27-22)24(31)20-15-25-16-20/h1-4,7-8,11,18-20,25H,5-6,9-10,12-16H2. The Labute approximate surface area is 182 Å². The van der Waals surface area contributed by atoms with E-state index in [9.17, 15) is 9.59 Å². The molecule has 0 unspecified atom stereocenters. The van der Waals surface area contributed by atoms with E-state index in [2.05, 4.69) is 32.5 Å². The van der Waals surface area contributed by atoms with Crippen LogP contribution in [0.15, 0.2) is 42.6 Å². The van der Waals surface area contributed by atoms with Gasteiger partial charge in [0, 0.05) is 38.3 Å². The molecule has 1 saturated carbocycles. The van der Waals surface area contributed by atoms with Crippen molar-refractivity contribution in [3.63, 3.8) is 0 Å². The van der Waals surface area contributed by atoms with Crippen molar-refractivity contribution in [2.75, 3.05) is 31.1 Å². The maximum absolute atomic E-state index is 13.1. The summed E-state index contributed by atoms with van der Waals surface area (Å²) < 4.78 is 0. The van der Waals surface area contributed by atoms with E-state index in [1.165, 1.54) is 5.56 Å². The Balaban J connectivity index is 1.24. The predicted molar refractivity (Wildman–Crippen MR) is 118 cm³/mol. The van der Waals surface area contributed by atoms with Gasteiger partial charge in [-0.2, -0.15) is 5.10 Å². The smallest absolute Gasteiger partial charge is 0.238 e. The lowest BCUT2D eigenvalue weighted by atomic mass is 9.90. The number of likely N-dealkylation sites (tertiary alicyclic amines) is 1. The zero-order valence-electron chi connectivity index (χ0n) is 17.7. The highest BCUT2D eigenvalue weighted by Gasteiger charge is 2.35. The van der Waals surface area contributed by atoms with Gasteiger partial charge in [0.2, 0.25) is 11.8 Å². The summed E-state index contributed by atoms with van der Waals surface area (Å²) >= 11 is 0. The molecule has 3 heterocycles. The van der Waals surface area contributed by atoms with Crippen molar-refractivity contribution < 1.29 is 9.59 Å². The first kappa shape index (κ1) is 20.1. The number of carbonyl (C=O) groups is 2. The molecule has 7 heteroatoms. The number of nitrogens with zero attached hydrogens (tertiary/aromatic N) is 4. The Morgan fingerprint density at radius 1 is 1.00 bits per heavy atom. The van der Waals surface area contributed by atoms with Crippen molar-refractivity contribution >= 4 is 23.3 Å². The molecule has 162 valence electrons. The maximum Gasteiger partial charge on any atom is 0.238 e. The first-order chi connectivity index (χ1) is 15.2. The van der Waals surface area contributed by atoms with Crippen LogP contribution in [-0.2, 0) is 16.0 Å². The van der Waals surface area contributed by atoms with Crippen LogP contribution >= 0.6 is 0 Å². The topological polar surface area (TPSA) is 78.4 Å². The number of carbonyl (C=O) groups excluding carboxylic acids is 2. The number of anilines is 2. The molecular formula is C24H29N5O2. The minimum Gasteiger partial charge on any atom is -0.342 e. The fraction of sp³-hybridized carbons (Fsp3) is 0.500. The van der Waals surface area contributed by atoms with Gasteiger partial charge in [0.15, 0.2) is 5.82 Å². The monoisotopic (exact) mass is 419 g/mol. The minimum atomic E-state index is -0.0229. The number of nitrogens with one attached hydrogen (secondary N) is 1. The molecule has 2 aromatic rings. The van der Waals surface area contributed by atoms with E-state index in [-0.39, 0.29) is 11.8 Å². The Hall–Kier alpha value is -2.80. The molecule has 0 spiro atoms. The van der Waals surface area contributed by atoms with Crippen molar-refractivity contribution in [1.29, 1.82) is 0 Å². The van der Waals surface area contributed by atoms with Crippen molar-refractivity contribution in [2.45, 2.75) is 32.1 Å². The fourth-order valence-electron chi connectivity index (χ4n) is 4.49. The van der Waals surface area contributed by atoms with Gasteiger partial charge in [0.25, 0.3) is 0 Å². The molecule has 5 rings (SSSR count). The van der Waals surface area contributed by atoms with Gasteiger partial charge in [0.05, 0.1) is 11.6 Å². The number of hydrogen-bond donors (Lipinski definition) is 1. The molecule has 0 atom stereocenters. The van der Waals surface area contributed by atoms with Gasteiger partial charge in [-0.1, -0.05) is 12.1 Å². The van der Waals surface area contributed by atoms with Crippen LogP contribution in [-0.4, -0.2) is 53.1 Å². The number of hydrogen-bond acceptors (Lipinski definition) is 5. The second-order valence-electron chi connectivity index (χ2n) is 9.02. The number of amides is 2. The van der Waals surface area contributed by atoms with Crippen LogP contribution in [0.3, 0.4) is 0 Å². The molecule has 1 aromatic carbocycles. The highest BCUT2D eigenvalue weighted by Crippen LogP contribution is 2.33. The third-order valence-corrected chi connectivity index (χ3v) is 6.71. The summed E-state index contributed by atoms with van der Waals surface area (Å²) in [5.41, 5.74) is 2.10. The van der Waals surface area contributed by atoms with Crippen LogP contribution in [0.4, 0.5) is 11.5 Å². The average Bonchev–Trinajstić information content (AvgIpc) is 3.60. The summed E-state index contributed by atoms with van der Waals surface area (Å²) in [5.74, 6) is 1.88. The highest BCUT2D eigenvalue weighted by molar-refractivity contribution is 6.01. The molecule has 1 aliphatic carbocycles. The van der Waals surface area contributed by atoms with Crippen molar-refractivity contribution in [2.24, 2.45) is 17.8 Å². The largest absolute Gasteiger partial charge is 0.342 e. The highest BCUT2D eigenvalue weighted by atomic mass is 16.2. The summed E-state index contributed by atoms with van der Waals surface area (Å²) in [6.45, 7) is 3.19. The molecule has 31 heavy (non-hydrogen) atoms. The Morgan fingerprint density at radius 2 is 1.74 bits per heavy atom. The Morgan fingerprint density at radius 3 is 2.32 bits per heavy atom. The Bertz CT molecular complexity index is 917. The second kappa shape index (κ2) is 8.75. The van der Waals surface area contributed by atoms with Crippen molar-refractivity contribution in [1.82, 2.24) is 20.4 Å². The van der Waals surface area contributed by atoms with E-state index in [1.54, 1.807) is 17.2 Å². The molecule has 2 amide bonds. The number of benzene rings is 1. The summed E-state index contributed by atoms with van der Waals surface area (Å²) in [5, 5.41) is 11.3. The lowest BCUT2D eigenvalue weighted by Crippen LogP contribution is -2.51. The maximum atomic E-state index is 13.1. The molecule has 2 saturated heterocycles. The molecule has 1 N–H and O–H groups in total. The van der Waals surface area contributed by atoms with E-state index in [0.717, 1.165) is 50.9 Å². The van der Waals surface area contributed by atoms with Crippen molar-refractivity contribution in [3.05, 3.63) is 48.2 Å². The molecular weight excluding hydrogens is 390 g/mol. The summed E-state index contributed by atoms with van der Waals surface area (Å²) in [7, 11) is 0. The van der Waals surface area contributed by atoms with Gasteiger partial charge in [-0.05, 0) is 67.9 Å². The van der Waals surface area contributed by atoms with Gasteiger partial charge in [0.1, 0.15) is 0 Å². The van der Waals surface area contributed by atoms with Gasteiger partial charge in [-0.3, -0.25) is 14.5 Å². The van der Waals surface area contributed by atoms with Crippen LogP contribution in [0.2, 0.25) is 0 Å². The second-order valence-corrected chi connectivity index (χ2v) is 9.02. The zero-order chi connectivity index (χ0) is 21.2. The van der Waals surface area contributed by atoms with E-state index < -0.39 is 0 Å². The van der Waals surface area contributed by atoms with E-state index in [4.69, 9.17) is 0 Å². The minimum absolute atomic E-state index is 0.0229. The van der Waals surface area contributed by atoms with Gasteiger partial charge < -0.3 is 10.2 Å². The number of aromatic nitrogens is 2. The molecule has 1 aromatic heterocycles. The average molecular weight is 420 g/mol. The number of piperidine rings is 1. The summed E-state index contributed by atoms with van der Waals surface area (Å²) in [6.07, 6.45) is 6.92. The van der Waals surface area contributed by atoms with Gasteiger partial charge in [-0.25, -0.2) is 0 Å². The lowest BCUT2D eigenvalue weighted by Gasteiger charge is -2.32. The van der Waals surface area contributed by atoms with E-state index in [1.807, 2.05) is 18.2 Å². The van der Waals surface area contributed by atoms with Gasteiger partial charge >= 0.3 is 0 Å². The van der Waals surface area contributed by atoms with E-state index in [0.29, 0.717) is 36.7 Å². The summed E-state index contributed by atoms with van der Waals surface area (Å²) in [6, 6.07) is 11.9. The first-order valence-electron chi connectivity index (χ1n) is 11.4. The van der Waals surface area contributed by atoms with Crippen molar-refractivity contribution in [3.8, 4) is 0 Å². The fourth-order valence-corrected chi connectivity index (χ4v) is 4.49. The van der Waals surface area contributed by atoms with Crippen LogP contribution in [0.5, 0.6) is 0 Å². The molecule has 0 radical (unpaired) electrons. The molecule has 2 aliphatic heterocycles.